The Morgan fingerprint density at radius 3 is 2.68 bits per heavy atom. The number of nitrogens with two attached hydrogens (primary N) is 1. The van der Waals surface area contributed by atoms with Gasteiger partial charge in [-0.3, -0.25) is 5.10 Å². The number of hydrogen-bond donors (Lipinski definition) is 3. The Kier molecular flexibility index (Phi) is 4.96. The third-order valence-corrected chi connectivity index (χ3v) is 7.20. The van der Waals surface area contributed by atoms with Gasteiger partial charge in [0.05, 0.1) is 41.9 Å². The van der Waals surface area contributed by atoms with Crippen molar-refractivity contribution < 1.29 is 9.84 Å². The number of H-pyrrole nitrogens is 1. The van der Waals surface area contributed by atoms with Gasteiger partial charge in [0, 0.05) is 35.5 Å². The van der Waals surface area contributed by atoms with Gasteiger partial charge in [0.1, 0.15) is 5.69 Å². The lowest BCUT2D eigenvalue weighted by molar-refractivity contribution is 0.0973. The van der Waals surface area contributed by atoms with Crippen molar-refractivity contribution in [3.63, 3.8) is 0 Å². The zero-order chi connectivity index (χ0) is 21.8. The molecule has 3 aromatic rings. The van der Waals surface area contributed by atoms with E-state index in [-0.39, 0.29) is 24.2 Å². The van der Waals surface area contributed by atoms with Crippen molar-refractivity contribution in [2.24, 2.45) is 11.1 Å². The molecule has 2 aromatic heterocycles. The van der Waals surface area contributed by atoms with E-state index in [1.165, 1.54) is 0 Å². The smallest absolute Gasteiger partial charge is 0.153 e. The minimum absolute atomic E-state index is 0.0509. The molecule has 4 N–H and O–H groups in total. The summed E-state index contributed by atoms with van der Waals surface area (Å²) in [6, 6.07) is 6.20. The molecule has 2 fully saturated rings. The zero-order valence-electron chi connectivity index (χ0n) is 18.4. The number of aliphatic hydroxyl groups excluding tert-OH is 1. The summed E-state index contributed by atoms with van der Waals surface area (Å²) in [5.74, 6) is 0.776. The third kappa shape index (κ3) is 3.30. The maximum Gasteiger partial charge on any atom is 0.153 e. The largest absolute Gasteiger partial charge is 0.390 e. The van der Waals surface area contributed by atoms with Crippen LogP contribution >= 0.6 is 0 Å². The molecule has 31 heavy (non-hydrogen) atoms. The summed E-state index contributed by atoms with van der Waals surface area (Å²) < 4.78 is 5.84. The van der Waals surface area contributed by atoms with Gasteiger partial charge in [-0.25, -0.2) is 9.97 Å². The maximum atomic E-state index is 10.1. The lowest BCUT2D eigenvalue weighted by atomic mass is 9.73. The van der Waals surface area contributed by atoms with Crippen LogP contribution in [0, 0.1) is 19.3 Å². The number of benzene rings is 1. The van der Waals surface area contributed by atoms with E-state index in [0.29, 0.717) is 5.69 Å². The summed E-state index contributed by atoms with van der Waals surface area (Å²) in [6.07, 6.45) is 2.03. The van der Waals surface area contributed by atoms with Gasteiger partial charge in [-0.15, -0.1) is 0 Å². The molecule has 2 aliphatic heterocycles. The van der Waals surface area contributed by atoms with Crippen molar-refractivity contribution in [3.8, 4) is 11.3 Å². The van der Waals surface area contributed by atoms with Crippen LogP contribution in [-0.4, -0.2) is 57.1 Å². The summed E-state index contributed by atoms with van der Waals surface area (Å²) in [6.45, 7) is 8.27. The van der Waals surface area contributed by atoms with Gasteiger partial charge in [-0.1, -0.05) is 12.1 Å². The number of piperidine rings is 1. The van der Waals surface area contributed by atoms with Crippen molar-refractivity contribution in [2.75, 3.05) is 24.6 Å². The molecule has 0 amide bonds. The van der Waals surface area contributed by atoms with E-state index in [9.17, 15) is 5.11 Å². The molecule has 4 heterocycles. The predicted octanol–water partition coefficient (Wildman–Crippen LogP) is 2.46. The quantitative estimate of drug-likeness (QED) is 0.594. The van der Waals surface area contributed by atoms with Crippen molar-refractivity contribution in [3.05, 3.63) is 35.3 Å². The highest BCUT2D eigenvalue weighted by Crippen LogP contribution is 2.42. The van der Waals surface area contributed by atoms with Crippen molar-refractivity contribution in [1.82, 2.24) is 20.2 Å². The fourth-order valence-corrected chi connectivity index (χ4v) is 5.12. The summed E-state index contributed by atoms with van der Waals surface area (Å²) in [7, 11) is 0. The average Bonchev–Trinajstić information content (AvgIpc) is 3.29. The summed E-state index contributed by atoms with van der Waals surface area (Å²) in [5, 5.41) is 18.5. The molecular formula is C23H30N6O2. The molecule has 0 bridgehead atoms. The van der Waals surface area contributed by atoms with Gasteiger partial charge in [0.25, 0.3) is 0 Å². The number of aromatic amines is 1. The first kappa shape index (κ1) is 20.4. The van der Waals surface area contributed by atoms with Crippen molar-refractivity contribution in [2.45, 2.75) is 52.4 Å². The maximum absolute atomic E-state index is 10.1. The molecule has 8 nitrogen and oxygen atoms in total. The standard InChI is InChI=1S/C23H30N6O2/c1-13-17-5-4-16(10-18(17)28-27-13)20-14(2)25-22(19(11-30)26-20)29-8-6-23(7-9-29)12-31-15(3)21(23)24/h4-5,10,15,21,30H,6-9,11-12,24H2,1-3H3,(H,27,28)/t15-,21+/m0/s1. The van der Waals surface area contributed by atoms with Crippen LogP contribution in [0.15, 0.2) is 18.2 Å². The molecule has 8 heteroatoms. The highest BCUT2D eigenvalue weighted by Gasteiger charge is 2.47. The van der Waals surface area contributed by atoms with Crippen LogP contribution in [0.1, 0.15) is 36.8 Å². The van der Waals surface area contributed by atoms with Gasteiger partial charge >= 0.3 is 0 Å². The molecular weight excluding hydrogens is 392 g/mol. The van der Waals surface area contributed by atoms with E-state index in [0.717, 1.165) is 71.9 Å². The SMILES string of the molecule is Cc1nc(N2CCC3(CC2)CO[C@@H](C)[C@H]3N)c(CO)nc1-c1ccc2c(C)n[nH]c2c1. The van der Waals surface area contributed by atoms with Gasteiger partial charge in [-0.05, 0) is 39.7 Å². The van der Waals surface area contributed by atoms with Crippen LogP contribution < -0.4 is 10.6 Å². The van der Waals surface area contributed by atoms with E-state index >= 15 is 0 Å². The fraction of sp³-hybridized carbons (Fsp3) is 0.522. The summed E-state index contributed by atoms with van der Waals surface area (Å²) >= 11 is 0. The van der Waals surface area contributed by atoms with Gasteiger partial charge < -0.3 is 20.5 Å². The molecule has 5 rings (SSSR count). The Balaban J connectivity index is 1.44. The number of nitrogens with zero attached hydrogens (tertiary/aromatic N) is 4. The number of hydrogen-bond acceptors (Lipinski definition) is 7. The Bertz CT molecular complexity index is 1120. The van der Waals surface area contributed by atoms with Crippen LogP contribution in [-0.2, 0) is 11.3 Å². The van der Waals surface area contributed by atoms with Gasteiger partial charge in [-0.2, -0.15) is 5.10 Å². The number of ether oxygens (including phenoxy) is 1. The lowest BCUT2D eigenvalue weighted by Crippen LogP contribution is -2.51. The van der Waals surface area contributed by atoms with E-state index < -0.39 is 0 Å². The van der Waals surface area contributed by atoms with Crippen LogP contribution in [0.5, 0.6) is 0 Å². The Morgan fingerprint density at radius 2 is 2.00 bits per heavy atom. The zero-order valence-corrected chi connectivity index (χ0v) is 18.4. The lowest BCUT2D eigenvalue weighted by Gasteiger charge is -2.42. The molecule has 1 spiro atoms. The van der Waals surface area contributed by atoms with Crippen LogP contribution in [0.25, 0.3) is 22.2 Å². The van der Waals surface area contributed by atoms with Crippen LogP contribution in [0.2, 0.25) is 0 Å². The Morgan fingerprint density at radius 1 is 1.23 bits per heavy atom. The summed E-state index contributed by atoms with van der Waals surface area (Å²) in [4.78, 5) is 12.0. The third-order valence-electron chi connectivity index (χ3n) is 7.20. The Hall–Kier alpha value is -2.55. The minimum Gasteiger partial charge on any atom is -0.390 e. The average molecular weight is 423 g/mol. The second-order valence-electron chi connectivity index (χ2n) is 9.05. The predicted molar refractivity (Wildman–Crippen MR) is 120 cm³/mol. The molecule has 2 saturated heterocycles. The van der Waals surface area contributed by atoms with Crippen LogP contribution in [0.3, 0.4) is 0 Å². The fourth-order valence-electron chi connectivity index (χ4n) is 5.12. The number of aromatic nitrogens is 4. The van der Waals surface area contributed by atoms with Gasteiger partial charge in [0.15, 0.2) is 5.82 Å². The highest BCUT2D eigenvalue weighted by atomic mass is 16.5. The minimum atomic E-state index is -0.150. The van der Waals surface area contributed by atoms with E-state index in [4.69, 9.17) is 20.4 Å². The number of fused-ring (bicyclic) bond motifs is 1. The molecule has 2 aliphatic rings. The topological polar surface area (TPSA) is 113 Å². The normalized spacial score (nSPS) is 23.2. The number of rotatable bonds is 3. The molecule has 164 valence electrons. The van der Waals surface area contributed by atoms with Crippen molar-refractivity contribution >= 4 is 16.7 Å². The number of anilines is 1. The monoisotopic (exact) mass is 422 g/mol. The van der Waals surface area contributed by atoms with E-state index in [1.807, 2.05) is 26.0 Å². The molecule has 1 aromatic carbocycles. The van der Waals surface area contributed by atoms with Gasteiger partial charge in [0.2, 0.25) is 0 Å². The Labute approximate surface area is 181 Å². The molecule has 0 aliphatic carbocycles. The number of aryl methyl sites for hydroxylation is 2. The first-order chi connectivity index (χ1) is 14.9. The second kappa shape index (κ2) is 7.55. The van der Waals surface area contributed by atoms with Crippen molar-refractivity contribution in [1.29, 1.82) is 0 Å². The second-order valence-corrected chi connectivity index (χ2v) is 9.05. The van der Waals surface area contributed by atoms with E-state index in [2.05, 4.69) is 28.1 Å². The molecule has 0 unspecified atom stereocenters. The molecule has 0 saturated carbocycles. The van der Waals surface area contributed by atoms with Crippen LogP contribution in [0.4, 0.5) is 5.82 Å². The molecule has 2 atom stereocenters. The highest BCUT2D eigenvalue weighted by molar-refractivity contribution is 5.85. The first-order valence-electron chi connectivity index (χ1n) is 11.0. The molecule has 0 radical (unpaired) electrons. The first-order valence-corrected chi connectivity index (χ1v) is 11.0. The summed E-state index contributed by atoms with van der Waals surface area (Å²) in [5.41, 5.74) is 11.7. The number of aliphatic hydroxyl groups is 1. The number of nitrogens with one attached hydrogen (secondary N) is 1. The van der Waals surface area contributed by atoms with E-state index in [1.54, 1.807) is 0 Å².